The molecule has 0 spiro atoms. The molecule has 1 saturated heterocycles. The molecule has 2 amide bonds. The van der Waals surface area contributed by atoms with Crippen LogP contribution in [-0.2, 0) is 9.59 Å². The molecule has 1 saturated carbocycles. The van der Waals surface area contributed by atoms with Gasteiger partial charge in [0.1, 0.15) is 17.3 Å². The van der Waals surface area contributed by atoms with Crippen LogP contribution in [0.2, 0.25) is 0 Å². The maximum absolute atomic E-state index is 13.6. The molecule has 2 fully saturated rings. The lowest BCUT2D eigenvalue weighted by Crippen LogP contribution is -2.33. The number of carbonyl (C=O) groups excluding carboxylic acids is 2. The first-order valence-electron chi connectivity index (χ1n) is 11.9. The van der Waals surface area contributed by atoms with Crippen molar-refractivity contribution < 1.29 is 23.5 Å². The number of carbonyl (C=O) groups is 2. The maximum atomic E-state index is 13.6. The van der Waals surface area contributed by atoms with Crippen molar-refractivity contribution in [2.45, 2.75) is 0 Å². The second kappa shape index (κ2) is 8.48. The highest BCUT2D eigenvalue weighted by molar-refractivity contribution is 6.23. The first-order chi connectivity index (χ1) is 17.5. The van der Waals surface area contributed by atoms with Gasteiger partial charge < -0.3 is 9.47 Å². The Labute approximate surface area is 208 Å². The van der Waals surface area contributed by atoms with E-state index in [0.29, 0.717) is 5.69 Å². The molecule has 1 heterocycles. The molecule has 3 aromatic rings. The predicted molar refractivity (Wildman–Crippen MR) is 134 cm³/mol. The van der Waals surface area contributed by atoms with Gasteiger partial charge in [0, 0.05) is 11.8 Å². The van der Waals surface area contributed by atoms with E-state index in [2.05, 4.69) is 12.2 Å². The van der Waals surface area contributed by atoms with Gasteiger partial charge in [0.2, 0.25) is 11.8 Å². The van der Waals surface area contributed by atoms with Crippen molar-refractivity contribution in [2.24, 2.45) is 23.7 Å². The van der Waals surface area contributed by atoms with E-state index >= 15 is 0 Å². The van der Waals surface area contributed by atoms with Crippen LogP contribution in [-0.4, -0.2) is 26.0 Å². The van der Waals surface area contributed by atoms with Crippen molar-refractivity contribution in [3.63, 3.8) is 0 Å². The number of anilines is 1. The van der Waals surface area contributed by atoms with Crippen molar-refractivity contribution in [1.82, 2.24) is 0 Å². The highest BCUT2D eigenvalue weighted by atomic mass is 19.1. The molecule has 2 aliphatic carbocycles. The van der Waals surface area contributed by atoms with Crippen LogP contribution in [0.3, 0.4) is 0 Å². The summed E-state index contributed by atoms with van der Waals surface area (Å²) in [5.74, 6) is -0.691. The zero-order valence-corrected chi connectivity index (χ0v) is 19.9. The normalized spacial score (nSPS) is 23.9. The summed E-state index contributed by atoms with van der Waals surface area (Å²) in [4.78, 5) is 28.4. The molecule has 0 radical (unpaired) electrons. The number of amides is 2. The number of ether oxygens (including phenoxy) is 2. The summed E-state index contributed by atoms with van der Waals surface area (Å²) in [7, 11) is 3.26. The van der Waals surface area contributed by atoms with Gasteiger partial charge in [0.05, 0.1) is 31.7 Å². The largest absolute Gasteiger partial charge is 0.497 e. The molecule has 3 aromatic carbocycles. The molecule has 2 bridgehead atoms. The summed E-state index contributed by atoms with van der Waals surface area (Å²) in [6.07, 6.45) is 4.13. The average Bonchev–Trinajstić information content (AvgIpc) is 3.55. The Morgan fingerprint density at radius 2 is 1.14 bits per heavy atom. The molecular weight excluding hydrogens is 457 g/mol. The highest BCUT2D eigenvalue weighted by Crippen LogP contribution is 2.59. The fourth-order valence-corrected chi connectivity index (χ4v) is 5.96. The van der Waals surface area contributed by atoms with Crippen LogP contribution < -0.4 is 14.4 Å². The van der Waals surface area contributed by atoms with Crippen LogP contribution in [0.15, 0.2) is 90.5 Å². The molecule has 0 unspecified atom stereocenters. The lowest BCUT2D eigenvalue weighted by atomic mass is 9.85. The van der Waals surface area contributed by atoms with Crippen LogP contribution >= 0.6 is 0 Å². The van der Waals surface area contributed by atoms with Gasteiger partial charge in [-0.05, 0) is 70.8 Å². The van der Waals surface area contributed by atoms with Gasteiger partial charge in [-0.3, -0.25) is 9.59 Å². The Morgan fingerprint density at radius 3 is 1.56 bits per heavy atom. The van der Waals surface area contributed by atoms with E-state index in [1.165, 1.54) is 29.2 Å². The second-order valence-corrected chi connectivity index (χ2v) is 9.26. The summed E-state index contributed by atoms with van der Waals surface area (Å²) in [6.45, 7) is 0. The Balaban J connectivity index is 1.47. The fourth-order valence-electron chi connectivity index (χ4n) is 5.96. The number of rotatable bonds is 5. The van der Waals surface area contributed by atoms with Gasteiger partial charge in [0.25, 0.3) is 0 Å². The number of hydrogen-bond acceptors (Lipinski definition) is 4. The third-order valence-electron chi connectivity index (χ3n) is 7.55. The van der Waals surface area contributed by atoms with Crippen LogP contribution in [0, 0.1) is 29.5 Å². The molecule has 36 heavy (non-hydrogen) atoms. The Morgan fingerprint density at radius 1 is 0.694 bits per heavy atom. The number of methoxy groups -OCH3 is 2. The third-order valence-corrected chi connectivity index (χ3v) is 7.55. The standard InChI is InChI=1S/C30H24FNO4/c1-35-21-11-3-17(4-12-21)25(18-5-13-22(36-2)14-6-18)26-23-15-16-24(26)28-27(23)29(33)32(30(28)34)20-9-7-19(31)8-10-20/h3-16,23-24,27-28H,1-2H3/t23-,24-,27+,28+/m0/s1. The number of halogens is 1. The number of fused-ring (bicyclic) bond motifs is 5. The summed E-state index contributed by atoms with van der Waals surface area (Å²) >= 11 is 0. The molecule has 0 N–H and O–H groups in total. The molecule has 4 atom stereocenters. The van der Waals surface area contributed by atoms with Crippen LogP contribution in [0.25, 0.3) is 5.57 Å². The predicted octanol–water partition coefficient (Wildman–Crippen LogP) is 5.27. The number of nitrogens with zero attached hydrogens (tertiary/aromatic N) is 1. The fraction of sp³-hybridized carbons (Fsp3) is 0.200. The molecule has 3 aliphatic rings. The van der Waals surface area contributed by atoms with Gasteiger partial charge in [-0.15, -0.1) is 0 Å². The van der Waals surface area contributed by atoms with Gasteiger partial charge in [-0.2, -0.15) is 0 Å². The smallest absolute Gasteiger partial charge is 0.238 e. The molecule has 6 heteroatoms. The Hall–Kier alpha value is -4.19. The first kappa shape index (κ1) is 22.3. The molecule has 6 rings (SSSR count). The van der Waals surface area contributed by atoms with Crippen LogP contribution in [0.1, 0.15) is 11.1 Å². The summed E-state index contributed by atoms with van der Waals surface area (Å²) in [5, 5.41) is 0. The zero-order chi connectivity index (χ0) is 25.0. The second-order valence-electron chi connectivity index (χ2n) is 9.26. The lowest BCUT2D eigenvalue weighted by molar-refractivity contribution is -0.122. The minimum Gasteiger partial charge on any atom is -0.497 e. The van der Waals surface area contributed by atoms with Gasteiger partial charge in [0.15, 0.2) is 0 Å². The van der Waals surface area contributed by atoms with Crippen LogP contribution in [0.5, 0.6) is 11.5 Å². The van der Waals surface area contributed by atoms with Gasteiger partial charge >= 0.3 is 0 Å². The lowest BCUT2D eigenvalue weighted by Gasteiger charge is -2.22. The number of hydrogen-bond donors (Lipinski definition) is 0. The maximum Gasteiger partial charge on any atom is 0.238 e. The van der Waals surface area contributed by atoms with Crippen molar-refractivity contribution in [1.29, 1.82) is 0 Å². The zero-order valence-electron chi connectivity index (χ0n) is 19.9. The van der Waals surface area contributed by atoms with E-state index in [0.717, 1.165) is 33.8 Å². The van der Waals surface area contributed by atoms with Gasteiger partial charge in [-0.1, -0.05) is 36.4 Å². The Bertz CT molecular complexity index is 1320. The first-order valence-corrected chi connectivity index (χ1v) is 11.9. The molecule has 180 valence electrons. The highest BCUT2D eigenvalue weighted by Gasteiger charge is 2.62. The topological polar surface area (TPSA) is 55.8 Å². The summed E-state index contributed by atoms with van der Waals surface area (Å²) < 4.78 is 24.2. The SMILES string of the molecule is COc1ccc(C(=C2[C@@H]3C=C[C@@H]2[C@H]2C(=O)N(c4ccc(F)cc4)C(=O)[C@@H]23)c2ccc(OC)cc2)cc1. The van der Waals surface area contributed by atoms with Crippen molar-refractivity contribution in [3.8, 4) is 11.5 Å². The summed E-state index contributed by atoms with van der Waals surface area (Å²) in [6, 6.07) is 21.2. The number of allylic oxidation sites excluding steroid dienone is 3. The monoisotopic (exact) mass is 481 g/mol. The Kier molecular flexibility index (Phi) is 5.25. The van der Waals surface area contributed by atoms with E-state index in [9.17, 15) is 14.0 Å². The third kappa shape index (κ3) is 3.28. The molecule has 0 aromatic heterocycles. The minimum atomic E-state index is -0.473. The minimum absolute atomic E-state index is 0.193. The van der Waals surface area contributed by atoms with Gasteiger partial charge in [-0.25, -0.2) is 9.29 Å². The van der Waals surface area contributed by atoms with Crippen molar-refractivity contribution in [2.75, 3.05) is 19.1 Å². The van der Waals surface area contributed by atoms with E-state index < -0.39 is 17.7 Å². The van der Waals surface area contributed by atoms with E-state index in [-0.39, 0.29) is 23.7 Å². The van der Waals surface area contributed by atoms with Crippen LogP contribution in [0.4, 0.5) is 10.1 Å². The average molecular weight is 482 g/mol. The summed E-state index contributed by atoms with van der Waals surface area (Å²) in [5.41, 5.74) is 4.50. The van der Waals surface area contributed by atoms with Crippen molar-refractivity contribution in [3.05, 3.63) is 107 Å². The number of benzene rings is 3. The number of imide groups is 1. The van der Waals surface area contributed by atoms with Crippen molar-refractivity contribution >= 4 is 23.1 Å². The van der Waals surface area contributed by atoms with E-state index in [4.69, 9.17) is 9.47 Å². The molecule has 1 aliphatic heterocycles. The van der Waals surface area contributed by atoms with E-state index in [1.54, 1.807) is 14.2 Å². The molecular formula is C30H24FNO4. The molecule has 5 nitrogen and oxygen atoms in total. The van der Waals surface area contributed by atoms with E-state index in [1.807, 2.05) is 48.5 Å². The quantitative estimate of drug-likeness (QED) is 0.368.